The maximum absolute atomic E-state index is 11.9. The van der Waals surface area contributed by atoms with Gasteiger partial charge in [0.25, 0.3) is 0 Å². The van der Waals surface area contributed by atoms with E-state index in [0.717, 1.165) is 31.8 Å². The Balaban J connectivity index is 2.37. The van der Waals surface area contributed by atoms with E-state index in [0.29, 0.717) is 5.91 Å². The van der Waals surface area contributed by atoms with Crippen LogP contribution in [0.1, 0.15) is 46.5 Å². The predicted octanol–water partition coefficient (Wildman–Crippen LogP) is 2.68. The van der Waals surface area contributed by atoms with Gasteiger partial charge in [-0.05, 0) is 25.2 Å². The lowest BCUT2D eigenvalue weighted by atomic mass is 9.97. The van der Waals surface area contributed by atoms with E-state index in [1.54, 1.807) is 0 Å². The van der Waals surface area contributed by atoms with Gasteiger partial charge < -0.3 is 4.90 Å². The van der Waals surface area contributed by atoms with Gasteiger partial charge >= 0.3 is 0 Å². The Morgan fingerprint density at radius 3 is 2.50 bits per heavy atom. The van der Waals surface area contributed by atoms with Gasteiger partial charge in [0.2, 0.25) is 5.91 Å². The molecule has 1 rings (SSSR count). The van der Waals surface area contributed by atoms with Crippen molar-refractivity contribution in [2.45, 2.75) is 46.5 Å². The molecule has 14 heavy (non-hydrogen) atoms. The Hall–Kier alpha value is -0.530. The topological polar surface area (TPSA) is 20.3 Å². The van der Waals surface area contributed by atoms with Gasteiger partial charge in [-0.25, -0.2) is 0 Å². The van der Waals surface area contributed by atoms with Crippen LogP contribution in [0, 0.1) is 11.8 Å². The molecule has 1 unspecified atom stereocenters. The summed E-state index contributed by atoms with van der Waals surface area (Å²) in [4.78, 5) is 14.0. The first-order chi connectivity index (χ1) is 6.65. The van der Waals surface area contributed by atoms with E-state index in [1.807, 2.05) is 0 Å². The number of likely N-dealkylation sites (tertiary alicyclic amines) is 1. The van der Waals surface area contributed by atoms with Crippen molar-refractivity contribution in [3.63, 3.8) is 0 Å². The third kappa shape index (κ3) is 3.00. The predicted molar refractivity (Wildman–Crippen MR) is 59.1 cm³/mol. The summed E-state index contributed by atoms with van der Waals surface area (Å²) in [6, 6.07) is 0. The Morgan fingerprint density at radius 2 is 2.00 bits per heavy atom. The summed E-state index contributed by atoms with van der Waals surface area (Å²) >= 11 is 0. The fraction of sp³-hybridized carbons (Fsp3) is 0.917. The molecule has 1 atom stereocenters. The van der Waals surface area contributed by atoms with Crippen LogP contribution in [0.15, 0.2) is 0 Å². The summed E-state index contributed by atoms with van der Waals surface area (Å²) in [5.74, 6) is 1.41. The van der Waals surface area contributed by atoms with Crippen molar-refractivity contribution < 1.29 is 4.79 Å². The largest absolute Gasteiger partial charge is 0.342 e. The Labute approximate surface area is 87.7 Å². The highest BCUT2D eigenvalue weighted by molar-refractivity contribution is 5.78. The van der Waals surface area contributed by atoms with Crippen molar-refractivity contribution in [2.24, 2.45) is 11.8 Å². The molecule has 0 spiro atoms. The molecule has 0 N–H and O–H groups in total. The van der Waals surface area contributed by atoms with E-state index in [4.69, 9.17) is 0 Å². The minimum Gasteiger partial charge on any atom is -0.342 e. The van der Waals surface area contributed by atoms with Crippen LogP contribution < -0.4 is 0 Å². The zero-order valence-electron chi connectivity index (χ0n) is 9.75. The monoisotopic (exact) mass is 197 g/mol. The quantitative estimate of drug-likeness (QED) is 0.681. The smallest absolute Gasteiger partial charge is 0.225 e. The molecule has 0 saturated carbocycles. The molecular weight excluding hydrogens is 174 g/mol. The van der Waals surface area contributed by atoms with Crippen molar-refractivity contribution in [2.75, 3.05) is 13.1 Å². The number of carbonyl (C=O) groups excluding carboxylic acids is 1. The fourth-order valence-corrected chi connectivity index (χ4v) is 2.10. The standard InChI is InChI=1S/C12H23NO/c1-4-5-11(3)12(14)13-8-6-10(2)7-9-13/h10-11H,4-9H2,1-3H3. The average Bonchev–Trinajstić information content (AvgIpc) is 2.18. The zero-order chi connectivity index (χ0) is 10.6. The molecule has 0 aliphatic carbocycles. The highest BCUT2D eigenvalue weighted by Crippen LogP contribution is 2.19. The van der Waals surface area contributed by atoms with Crippen LogP contribution in [-0.2, 0) is 4.79 Å². The molecule has 1 fully saturated rings. The highest BCUT2D eigenvalue weighted by atomic mass is 16.2. The molecule has 0 bridgehead atoms. The molecule has 1 saturated heterocycles. The molecule has 0 aromatic rings. The summed E-state index contributed by atoms with van der Waals surface area (Å²) in [6.07, 6.45) is 4.51. The van der Waals surface area contributed by atoms with E-state index in [1.165, 1.54) is 12.8 Å². The number of amides is 1. The molecule has 1 aliphatic rings. The second-order valence-corrected chi connectivity index (χ2v) is 4.70. The van der Waals surface area contributed by atoms with Gasteiger partial charge in [-0.1, -0.05) is 27.2 Å². The number of nitrogens with zero attached hydrogens (tertiary/aromatic N) is 1. The molecule has 82 valence electrons. The lowest BCUT2D eigenvalue weighted by Crippen LogP contribution is -2.40. The number of hydrogen-bond acceptors (Lipinski definition) is 1. The Morgan fingerprint density at radius 1 is 1.43 bits per heavy atom. The lowest BCUT2D eigenvalue weighted by Gasteiger charge is -2.32. The molecule has 0 aromatic heterocycles. The molecule has 0 radical (unpaired) electrons. The van der Waals surface area contributed by atoms with E-state index in [2.05, 4.69) is 25.7 Å². The van der Waals surface area contributed by atoms with Gasteiger partial charge in [0.05, 0.1) is 0 Å². The number of carbonyl (C=O) groups is 1. The van der Waals surface area contributed by atoms with Gasteiger partial charge in [-0.3, -0.25) is 4.79 Å². The Kier molecular flexibility index (Phi) is 4.43. The average molecular weight is 197 g/mol. The molecule has 1 amide bonds. The lowest BCUT2D eigenvalue weighted by molar-refractivity contribution is -0.136. The zero-order valence-corrected chi connectivity index (χ0v) is 9.75. The van der Waals surface area contributed by atoms with E-state index in [9.17, 15) is 4.79 Å². The van der Waals surface area contributed by atoms with E-state index >= 15 is 0 Å². The van der Waals surface area contributed by atoms with Gasteiger partial charge in [0.15, 0.2) is 0 Å². The minimum absolute atomic E-state index is 0.230. The minimum atomic E-state index is 0.230. The number of piperidine rings is 1. The number of hydrogen-bond donors (Lipinski definition) is 0. The van der Waals surface area contributed by atoms with Crippen LogP contribution in [0.4, 0.5) is 0 Å². The van der Waals surface area contributed by atoms with Crippen LogP contribution in [0.3, 0.4) is 0 Å². The number of rotatable bonds is 3. The van der Waals surface area contributed by atoms with Crippen LogP contribution in [0.5, 0.6) is 0 Å². The normalized spacial score (nSPS) is 20.9. The first-order valence-corrected chi connectivity index (χ1v) is 5.94. The van der Waals surface area contributed by atoms with E-state index < -0.39 is 0 Å². The summed E-state index contributed by atoms with van der Waals surface area (Å²) < 4.78 is 0. The fourth-order valence-electron chi connectivity index (χ4n) is 2.10. The second-order valence-electron chi connectivity index (χ2n) is 4.70. The van der Waals surface area contributed by atoms with Gasteiger partial charge in [-0.2, -0.15) is 0 Å². The highest BCUT2D eigenvalue weighted by Gasteiger charge is 2.23. The van der Waals surface area contributed by atoms with Crippen LogP contribution >= 0.6 is 0 Å². The van der Waals surface area contributed by atoms with Crippen LogP contribution in [0.25, 0.3) is 0 Å². The summed E-state index contributed by atoms with van der Waals surface area (Å²) in [6.45, 7) is 8.44. The van der Waals surface area contributed by atoms with E-state index in [-0.39, 0.29) is 5.92 Å². The van der Waals surface area contributed by atoms with Gasteiger partial charge in [0, 0.05) is 19.0 Å². The van der Waals surface area contributed by atoms with Crippen molar-refractivity contribution in [1.29, 1.82) is 0 Å². The molecule has 1 heterocycles. The summed E-state index contributed by atoms with van der Waals surface area (Å²) in [5.41, 5.74) is 0. The van der Waals surface area contributed by atoms with Crippen molar-refractivity contribution >= 4 is 5.91 Å². The molecule has 1 aliphatic heterocycles. The first kappa shape index (κ1) is 11.5. The second kappa shape index (κ2) is 5.38. The van der Waals surface area contributed by atoms with Crippen molar-refractivity contribution in [3.05, 3.63) is 0 Å². The first-order valence-electron chi connectivity index (χ1n) is 5.94. The maximum atomic E-state index is 11.9. The van der Waals surface area contributed by atoms with Crippen LogP contribution in [-0.4, -0.2) is 23.9 Å². The summed E-state index contributed by atoms with van der Waals surface area (Å²) in [5, 5.41) is 0. The molecule has 2 nitrogen and oxygen atoms in total. The van der Waals surface area contributed by atoms with Gasteiger partial charge in [0.1, 0.15) is 0 Å². The molecule has 2 heteroatoms. The summed E-state index contributed by atoms with van der Waals surface area (Å²) in [7, 11) is 0. The maximum Gasteiger partial charge on any atom is 0.225 e. The van der Waals surface area contributed by atoms with Gasteiger partial charge in [-0.15, -0.1) is 0 Å². The Bertz CT molecular complexity index is 183. The van der Waals surface area contributed by atoms with Crippen molar-refractivity contribution in [1.82, 2.24) is 4.90 Å². The third-order valence-electron chi connectivity index (χ3n) is 3.24. The SMILES string of the molecule is CCCC(C)C(=O)N1CCC(C)CC1. The van der Waals surface area contributed by atoms with Crippen molar-refractivity contribution in [3.8, 4) is 0 Å². The molecule has 0 aromatic carbocycles. The molecular formula is C12H23NO. The van der Waals surface area contributed by atoms with Crippen LogP contribution in [0.2, 0.25) is 0 Å². The third-order valence-corrected chi connectivity index (χ3v) is 3.24.